The summed E-state index contributed by atoms with van der Waals surface area (Å²) in [6, 6.07) is 12.3. The molecule has 2 aromatic rings. The molecular formula is C16H16N3+. The molecule has 0 saturated heterocycles. The maximum absolute atomic E-state index is 9.41. The fourth-order valence-corrected chi connectivity index (χ4v) is 2.87. The first kappa shape index (κ1) is 11.7. The van der Waals surface area contributed by atoms with Crippen LogP contribution in [0, 0.1) is 11.3 Å². The van der Waals surface area contributed by atoms with E-state index in [0.717, 1.165) is 24.0 Å². The lowest BCUT2D eigenvalue weighted by molar-refractivity contribution is -0.374. The quantitative estimate of drug-likeness (QED) is 0.845. The van der Waals surface area contributed by atoms with E-state index in [-0.39, 0.29) is 0 Å². The van der Waals surface area contributed by atoms with Gasteiger partial charge in [-0.1, -0.05) is 30.3 Å². The number of H-pyrrole nitrogens is 1. The third-order valence-corrected chi connectivity index (χ3v) is 3.75. The molecule has 0 aliphatic heterocycles. The molecule has 3 heteroatoms. The number of hydrogen-bond acceptors (Lipinski definition) is 2. The summed E-state index contributed by atoms with van der Waals surface area (Å²) in [4.78, 5) is 3.21. The van der Waals surface area contributed by atoms with E-state index in [1.54, 1.807) is 0 Å². The lowest BCUT2D eigenvalue weighted by Crippen LogP contribution is -2.24. The minimum Gasteiger partial charge on any atom is -0.286 e. The summed E-state index contributed by atoms with van der Waals surface area (Å²) in [5, 5.41) is 9.41. The van der Waals surface area contributed by atoms with Gasteiger partial charge in [0, 0.05) is 17.5 Å². The van der Waals surface area contributed by atoms with Crippen molar-refractivity contribution in [2.24, 2.45) is 0 Å². The van der Waals surface area contributed by atoms with Crippen molar-refractivity contribution in [1.82, 2.24) is 0 Å². The SMILES string of the molecule is N#Cc1c(N)[nH+]c2c(c1-c1ccccc1)CCCC2. The molecule has 1 aliphatic rings. The summed E-state index contributed by atoms with van der Waals surface area (Å²) in [6.45, 7) is 0. The van der Waals surface area contributed by atoms with Gasteiger partial charge in [0.05, 0.1) is 0 Å². The summed E-state index contributed by atoms with van der Waals surface area (Å²) < 4.78 is 0. The van der Waals surface area contributed by atoms with Gasteiger partial charge < -0.3 is 0 Å². The first-order valence-electron chi connectivity index (χ1n) is 6.63. The van der Waals surface area contributed by atoms with Gasteiger partial charge in [0.15, 0.2) is 0 Å². The van der Waals surface area contributed by atoms with Crippen LogP contribution in [-0.2, 0) is 12.8 Å². The number of aromatic nitrogens is 1. The molecule has 0 atom stereocenters. The number of nitriles is 1. The van der Waals surface area contributed by atoms with Crippen LogP contribution in [0.5, 0.6) is 0 Å². The monoisotopic (exact) mass is 250 g/mol. The third kappa shape index (κ3) is 1.96. The van der Waals surface area contributed by atoms with Gasteiger partial charge in [-0.3, -0.25) is 5.73 Å². The van der Waals surface area contributed by atoms with Crippen molar-refractivity contribution < 1.29 is 4.98 Å². The highest BCUT2D eigenvalue weighted by atomic mass is 14.9. The van der Waals surface area contributed by atoms with Crippen LogP contribution in [0.3, 0.4) is 0 Å². The Morgan fingerprint density at radius 1 is 1.11 bits per heavy atom. The number of aryl methyl sites for hydroxylation is 1. The lowest BCUT2D eigenvalue weighted by atomic mass is 9.87. The Kier molecular flexibility index (Phi) is 2.92. The van der Waals surface area contributed by atoms with E-state index in [1.165, 1.54) is 24.1 Å². The largest absolute Gasteiger partial charge is 0.289 e. The smallest absolute Gasteiger partial charge is 0.286 e. The van der Waals surface area contributed by atoms with Gasteiger partial charge in [-0.2, -0.15) is 5.26 Å². The fourth-order valence-electron chi connectivity index (χ4n) is 2.87. The fraction of sp³-hybridized carbons (Fsp3) is 0.250. The maximum atomic E-state index is 9.41. The summed E-state index contributed by atoms with van der Waals surface area (Å²) in [6.07, 6.45) is 4.40. The van der Waals surface area contributed by atoms with Crippen LogP contribution in [-0.4, -0.2) is 0 Å². The van der Waals surface area contributed by atoms with Crippen LogP contribution in [0.25, 0.3) is 11.1 Å². The Bertz CT molecular complexity index is 654. The highest BCUT2D eigenvalue weighted by Crippen LogP contribution is 2.33. The average Bonchev–Trinajstić information content (AvgIpc) is 2.46. The Hall–Kier alpha value is -2.34. The molecule has 3 N–H and O–H groups in total. The van der Waals surface area contributed by atoms with Gasteiger partial charge in [0.2, 0.25) is 0 Å². The number of aromatic amines is 1. The molecule has 0 unspecified atom stereocenters. The second-order valence-electron chi connectivity index (χ2n) is 4.93. The molecule has 3 rings (SSSR count). The van der Waals surface area contributed by atoms with Crippen molar-refractivity contribution in [3.8, 4) is 17.2 Å². The van der Waals surface area contributed by atoms with Gasteiger partial charge in [0.1, 0.15) is 17.3 Å². The van der Waals surface area contributed by atoms with Crippen molar-refractivity contribution in [1.29, 1.82) is 5.26 Å². The predicted molar refractivity (Wildman–Crippen MR) is 74.2 cm³/mol. The molecule has 94 valence electrons. The van der Waals surface area contributed by atoms with Crippen LogP contribution in [0.4, 0.5) is 5.82 Å². The van der Waals surface area contributed by atoms with Crippen molar-refractivity contribution in [2.45, 2.75) is 25.7 Å². The Morgan fingerprint density at radius 2 is 1.84 bits per heavy atom. The zero-order valence-electron chi connectivity index (χ0n) is 10.7. The minimum atomic E-state index is 0.488. The molecule has 1 aromatic carbocycles. The van der Waals surface area contributed by atoms with Crippen molar-refractivity contribution in [3.63, 3.8) is 0 Å². The van der Waals surface area contributed by atoms with Crippen LogP contribution in [0.2, 0.25) is 0 Å². The summed E-state index contributed by atoms with van der Waals surface area (Å²) in [7, 11) is 0. The number of nitrogens with one attached hydrogen (secondary N) is 1. The molecule has 19 heavy (non-hydrogen) atoms. The standard InChI is InChI=1S/C16H15N3/c17-10-13-15(11-6-2-1-3-7-11)12-8-4-5-9-14(12)19-16(13)18/h1-3,6-7H,4-5,8-9H2,(H2,18,19)/p+1. The number of anilines is 1. The van der Waals surface area contributed by atoms with Gasteiger partial charge in [-0.25, -0.2) is 4.98 Å². The Labute approximate surface area is 112 Å². The van der Waals surface area contributed by atoms with E-state index < -0.39 is 0 Å². The van der Waals surface area contributed by atoms with E-state index in [1.807, 2.05) is 30.3 Å². The first-order valence-corrected chi connectivity index (χ1v) is 6.63. The Balaban J connectivity index is 2.32. The number of hydrogen-bond donors (Lipinski definition) is 1. The molecule has 0 amide bonds. The van der Waals surface area contributed by atoms with Crippen LogP contribution < -0.4 is 10.7 Å². The molecule has 1 aliphatic carbocycles. The van der Waals surface area contributed by atoms with Crippen LogP contribution in [0.1, 0.15) is 29.7 Å². The van der Waals surface area contributed by atoms with Gasteiger partial charge in [0.25, 0.3) is 5.82 Å². The van der Waals surface area contributed by atoms with Crippen LogP contribution in [0.15, 0.2) is 30.3 Å². The number of fused-ring (bicyclic) bond motifs is 1. The summed E-state index contributed by atoms with van der Waals surface area (Å²) in [5.74, 6) is 0.488. The van der Waals surface area contributed by atoms with E-state index in [4.69, 9.17) is 5.73 Å². The van der Waals surface area contributed by atoms with Gasteiger partial charge in [-0.15, -0.1) is 0 Å². The van der Waals surface area contributed by atoms with Crippen molar-refractivity contribution in [2.75, 3.05) is 5.73 Å². The third-order valence-electron chi connectivity index (χ3n) is 3.75. The number of benzene rings is 1. The number of nitrogen functional groups attached to an aromatic ring is 1. The van der Waals surface area contributed by atoms with E-state index in [2.05, 4.69) is 11.1 Å². The second kappa shape index (κ2) is 4.74. The average molecular weight is 250 g/mol. The predicted octanol–water partition coefficient (Wildman–Crippen LogP) is 2.50. The molecular weight excluding hydrogens is 234 g/mol. The zero-order chi connectivity index (χ0) is 13.2. The van der Waals surface area contributed by atoms with Gasteiger partial charge >= 0.3 is 0 Å². The number of nitrogens with zero attached hydrogens (tertiary/aromatic N) is 1. The zero-order valence-corrected chi connectivity index (χ0v) is 10.7. The first-order chi connectivity index (χ1) is 9.31. The molecule has 0 fully saturated rings. The molecule has 1 aromatic heterocycles. The summed E-state index contributed by atoms with van der Waals surface area (Å²) >= 11 is 0. The number of pyridine rings is 1. The van der Waals surface area contributed by atoms with Crippen molar-refractivity contribution >= 4 is 5.82 Å². The number of rotatable bonds is 1. The number of nitrogens with two attached hydrogens (primary N) is 1. The van der Waals surface area contributed by atoms with E-state index in [0.29, 0.717) is 11.4 Å². The van der Waals surface area contributed by atoms with E-state index in [9.17, 15) is 5.26 Å². The normalized spacial score (nSPS) is 13.6. The second-order valence-corrected chi connectivity index (χ2v) is 4.93. The topological polar surface area (TPSA) is 64.0 Å². The lowest BCUT2D eigenvalue weighted by Gasteiger charge is -2.18. The van der Waals surface area contributed by atoms with E-state index >= 15 is 0 Å². The minimum absolute atomic E-state index is 0.488. The van der Waals surface area contributed by atoms with Crippen molar-refractivity contribution in [3.05, 3.63) is 47.2 Å². The molecule has 3 nitrogen and oxygen atoms in total. The molecule has 1 heterocycles. The highest BCUT2D eigenvalue weighted by Gasteiger charge is 2.24. The molecule has 0 bridgehead atoms. The molecule has 0 saturated carbocycles. The molecule has 0 radical (unpaired) electrons. The highest BCUT2D eigenvalue weighted by molar-refractivity contribution is 5.77. The summed E-state index contributed by atoms with van der Waals surface area (Å²) in [5.41, 5.74) is 11.2. The van der Waals surface area contributed by atoms with Gasteiger partial charge in [-0.05, 0) is 24.8 Å². The maximum Gasteiger partial charge on any atom is 0.289 e. The molecule has 0 spiro atoms. The Morgan fingerprint density at radius 3 is 2.58 bits per heavy atom. The van der Waals surface area contributed by atoms with Crippen LogP contribution >= 0.6 is 0 Å².